The lowest BCUT2D eigenvalue weighted by atomic mass is 9.98. The molecule has 1 aromatic heterocycles. The first kappa shape index (κ1) is 17.1. The average Bonchev–Trinajstić information content (AvgIpc) is 3.38. The van der Waals surface area contributed by atoms with E-state index in [0.29, 0.717) is 5.01 Å². The number of nitriles is 1. The minimum atomic E-state index is -0.889. The molecule has 0 saturated heterocycles. The molecule has 0 aliphatic heterocycles. The molecule has 2 aromatic rings. The van der Waals surface area contributed by atoms with Crippen LogP contribution in [0.1, 0.15) is 24.8 Å². The number of benzene rings is 1. The number of nitrogens with zero attached hydrogens (tertiary/aromatic N) is 2. The Morgan fingerprint density at radius 1 is 1.48 bits per heavy atom. The van der Waals surface area contributed by atoms with Crippen molar-refractivity contribution < 1.29 is 14.3 Å². The summed E-state index contributed by atoms with van der Waals surface area (Å²) in [7, 11) is 0. The van der Waals surface area contributed by atoms with Gasteiger partial charge in [0.1, 0.15) is 10.5 Å². The van der Waals surface area contributed by atoms with E-state index in [-0.39, 0.29) is 5.92 Å². The first-order valence-electron chi connectivity index (χ1n) is 7.93. The highest BCUT2D eigenvalue weighted by molar-refractivity contribution is 7.19. The highest BCUT2D eigenvalue weighted by Crippen LogP contribution is 2.39. The number of aromatic nitrogens is 1. The molecule has 1 amide bonds. The molecule has 1 N–H and O–H groups in total. The molecule has 1 aliphatic rings. The fourth-order valence-electron chi connectivity index (χ4n) is 2.49. The molecule has 1 heterocycles. The third-order valence-electron chi connectivity index (χ3n) is 4.04. The Kier molecular flexibility index (Phi) is 4.81. The molecule has 3 rings (SSSR count). The third-order valence-corrected chi connectivity index (χ3v) is 5.04. The fraction of sp³-hybridized carbons (Fsp3) is 0.333. The standard InChI is InChI=1S/C18H17N3O3S/c1-18(11-19,12-6-7-12)21-15(22)10-24-17(23)9-8-16-20-13-4-2-3-5-14(13)25-16/h2-5,8-9,12H,6-7,10H2,1H3,(H,21,22)/b9-8+/t18-/m1/s1. The van der Waals surface area contributed by atoms with E-state index in [1.807, 2.05) is 24.3 Å². The van der Waals surface area contributed by atoms with Crippen LogP contribution in [0.4, 0.5) is 0 Å². The topological polar surface area (TPSA) is 92.1 Å². The van der Waals surface area contributed by atoms with Crippen molar-refractivity contribution in [2.45, 2.75) is 25.3 Å². The van der Waals surface area contributed by atoms with Crippen LogP contribution >= 0.6 is 11.3 Å². The Hall–Kier alpha value is -2.72. The van der Waals surface area contributed by atoms with Crippen LogP contribution in [0.2, 0.25) is 0 Å². The normalized spacial score (nSPS) is 16.3. The fourth-order valence-corrected chi connectivity index (χ4v) is 3.36. The van der Waals surface area contributed by atoms with Gasteiger partial charge in [0, 0.05) is 6.08 Å². The SMILES string of the molecule is C[C@](C#N)(NC(=O)COC(=O)/C=C/c1nc2ccccc2s1)C1CC1. The van der Waals surface area contributed by atoms with Gasteiger partial charge in [-0.1, -0.05) is 12.1 Å². The molecule has 0 spiro atoms. The molecule has 7 heteroatoms. The second kappa shape index (κ2) is 7.03. The van der Waals surface area contributed by atoms with Gasteiger partial charge < -0.3 is 10.1 Å². The van der Waals surface area contributed by atoms with Gasteiger partial charge in [0.25, 0.3) is 5.91 Å². The van der Waals surface area contributed by atoms with Crippen molar-refractivity contribution in [2.75, 3.05) is 6.61 Å². The van der Waals surface area contributed by atoms with E-state index in [2.05, 4.69) is 16.4 Å². The summed E-state index contributed by atoms with van der Waals surface area (Å²) in [6, 6.07) is 9.81. The molecule has 6 nitrogen and oxygen atoms in total. The number of amides is 1. The van der Waals surface area contributed by atoms with Crippen molar-refractivity contribution in [3.05, 3.63) is 35.3 Å². The number of para-hydroxylation sites is 1. The van der Waals surface area contributed by atoms with E-state index in [1.165, 1.54) is 17.4 Å². The van der Waals surface area contributed by atoms with Gasteiger partial charge in [0.2, 0.25) is 0 Å². The Labute approximate surface area is 149 Å². The van der Waals surface area contributed by atoms with Gasteiger partial charge in [-0.15, -0.1) is 11.3 Å². The van der Waals surface area contributed by atoms with Crippen LogP contribution in [0.3, 0.4) is 0 Å². The van der Waals surface area contributed by atoms with Crippen LogP contribution in [0.5, 0.6) is 0 Å². The van der Waals surface area contributed by atoms with Crippen molar-refractivity contribution in [2.24, 2.45) is 5.92 Å². The molecule has 1 aromatic carbocycles. The van der Waals surface area contributed by atoms with Gasteiger partial charge >= 0.3 is 5.97 Å². The molecule has 1 aliphatic carbocycles. The first-order chi connectivity index (χ1) is 12.0. The first-order valence-corrected chi connectivity index (χ1v) is 8.74. The lowest BCUT2D eigenvalue weighted by Gasteiger charge is -2.22. The zero-order chi connectivity index (χ0) is 17.9. The average molecular weight is 355 g/mol. The molecule has 1 fully saturated rings. The molecule has 1 atom stereocenters. The monoisotopic (exact) mass is 355 g/mol. The van der Waals surface area contributed by atoms with Crippen LogP contribution in [-0.4, -0.2) is 29.0 Å². The van der Waals surface area contributed by atoms with Crippen molar-refractivity contribution in [1.29, 1.82) is 5.26 Å². The minimum Gasteiger partial charge on any atom is -0.452 e. The van der Waals surface area contributed by atoms with Crippen molar-refractivity contribution in [3.63, 3.8) is 0 Å². The summed E-state index contributed by atoms with van der Waals surface area (Å²) in [6.07, 6.45) is 4.66. The smallest absolute Gasteiger partial charge is 0.331 e. The zero-order valence-corrected chi connectivity index (χ0v) is 14.5. The highest BCUT2D eigenvalue weighted by Gasteiger charge is 2.43. The Balaban J connectivity index is 1.50. The van der Waals surface area contributed by atoms with Crippen molar-refractivity contribution >= 4 is 39.5 Å². The maximum absolute atomic E-state index is 11.9. The third kappa shape index (κ3) is 4.22. The zero-order valence-electron chi connectivity index (χ0n) is 13.7. The van der Waals surface area contributed by atoms with E-state index in [1.54, 1.807) is 13.0 Å². The summed E-state index contributed by atoms with van der Waals surface area (Å²) in [5.41, 5.74) is -0.0175. The largest absolute Gasteiger partial charge is 0.452 e. The van der Waals surface area contributed by atoms with E-state index < -0.39 is 24.0 Å². The van der Waals surface area contributed by atoms with Crippen molar-refractivity contribution in [3.8, 4) is 6.07 Å². The van der Waals surface area contributed by atoms with Gasteiger partial charge in [0.15, 0.2) is 6.61 Å². The molecule has 128 valence electrons. The quantitative estimate of drug-likeness (QED) is 0.635. The second-order valence-electron chi connectivity index (χ2n) is 6.10. The van der Waals surface area contributed by atoms with Gasteiger partial charge in [-0.2, -0.15) is 5.26 Å². The van der Waals surface area contributed by atoms with E-state index in [0.717, 1.165) is 23.1 Å². The lowest BCUT2D eigenvalue weighted by Crippen LogP contribution is -2.48. The maximum atomic E-state index is 11.9. The van der Waals surface area contributed by atoms with Gasteiger partial charge in [-0.05, 0) is 43.9 Å². The number of hydrogen-bond acceptors (Lipinski definition) is 6. The molecule has 0 unspecified atom stereocenters. The van der Waals surface area contributed by atoms with Gasteiger partial charge in [-0.25, -0.2) is 9.78 Å². The van der Waals surface area contributed by atoms with Crippen molar-refractivity contribution in [1.82, 2.24) is 10.3 Å². The summed E-state index contributed by atoms with van der Waals surface area (Å²) < 4.78 is 5.95. The van der Waals surface area contributed by atoms with Crippen LogP contribution in [0, 0.1) is 17.2 Å². The Morgan fingerprint density at radius 3 is 2.92 bits per heavy atom. The Morgan fingerprint density at radius 2 is 2.24 bits per heavy atom. The number of hydrogen-bond donors (Lipinski definition) is 1. The van der Waals surface area contributed by atoms with E-state index >= 15 is 0 Å². The number of thiazole rings is 1. The lowest BCUT2D eigenvalue weighted by molar-refractivity contribution is -0.144. The molecule has 0 bridgehead atoms. The predicted molar refractivity (Wildman–Crippen MR) is 94.5 cm³/mol. The molecule has 1 saturated carbocycles. The minimum absolute atomic E-state index is 0.177. The van der Waals surface area contributed by atoms with E-state index in [4.69, 9.17) is 4.74 Å². The number of carbonyl (C=O) groups is 2. The Bertz CT molecular complexity index is 846. The summed E-state index contributed by atoms with van der Waals surface area (Å²) in [5.74, 6) is -0.923. The number of rotatable bonds is 6. The molecular formula is C18H17N3O3S. The van der Waals surface area contributed by atoms with Gasteiger partial charge in [0.05, 0.1) is 16.3 Å². The number of esters is 1. The van der Waals surface area contributed by atoms with E-state index in [9.17, 15) is 14.9 Å². The van der Waals surface area contributed by atoms with Gasteiger partial charge in [-0.3, -0.25) is 4.79 Å². The van der Waals surface area contributed by atoms with Crippen LogP contribution in [-0.2, 0) is 14.3 Å². The highest BCUT2D eigenvalue weighted by atomic mass is 32.1. The second-order valence-corrected chi connectivity index (χ2v) is 7.16. The van der Waals surface area contributed by atoms with Crippen LogP contribution in [0.15, 0.2) is 30.3 Å². The van der Waals surface area contributed by atoms with Crippen LogP contribution in [0.25, 0.3) is 16.3 Å². The summed E-state index contributed by atoms with van der Waals surface area (Å²) in [6.45, 7) is 1.28. The summed E-state index contributed by atoms with van der Waals surface area (Å²) in [5, 5.41) is 12.5. The number of fused-ring (bicyclic) bond motifs is 1. The molecule has 0 radical (unpaired) electrons. The number of nitrogens with one attached hydrogen (secondary N) is 1. The number of carbonyl (C=O) groups excluding carboxylic acids is 2. The summed E-state index contributed by atoms with van der Waals surface area (Å²) >= 11 is 1.46. The molecular weight excluding hydrogens is 338 g/mol. The maximum Gasteiger partial charge on any atom is 0.331 e. The predicted octanol–water partition coefficient (Wildman–Crippen LogP) is 2.66. The number of ether oxygens (including phenoxy) is 1. The van der Waals surface area contributed by atoms with Crippen LogP contribution < -0.4 is 5.32 Å². The molecule has 25 heavy (non-hydrogen) atoms. The summed E-state index contributed by atoms with van der Waals surface area (Å²) in [4.78, 5) is 28.0.